The second kappa shape index (κ2) is 4.45. The summed E-state index contributed by atoms with van der Waals surface area (Å²) < 4.78 is 1.16. The molecular formula is C12H18BrN. The Kier molecular flexibility index (Phi) is 3.73. The van der Waals surface area contributed by atoms with E-state index in [1.54, 1.807) is 0 Å². The Hall–Kier alpha value is -0.340. The zero-order valence-electron chi connectivity index (χ0n) is 9.32. The van der Waals surface area contributed by atoms with Gasteiger partial charge in [0.15, 0.2) is 0 Å². The molecule has 0 aliphatic carbocycles. The lowest BCUT2D eigenvalue weighted by Gasteiger charge is -2.25. The van der Waals surface area contributed by atoms with E-state index in [1.165, 1.54) is 11.1 Å². The van der Waals surface area contributed by atoms with Gasteiger partial charge in [0, 0.05) is 10.0 Å². The van der Waals surface area contributed by atoms with E-state index >= 15 is 0 Å². The van der Waals surface area contributed by atoms with E-state index in [9.17, 15) is 0 Å². The average Bonchev–Trinajstić information content (AvgIpc) is 2.11. The molecule has 0 unspecified atom stereocenters. The Bertz CT molecular complexity index is 318. The second-order valence-corrected chi connectivity index (χ2v) is 5.30. The van der Waals surface area contributed by atoms with Crippen LogP contribution in [0.25, 0.3) is 0 Å². The Labute approximate surface area is 95.0 Å². The highest BCUT2D eigenvalue weighted by Crippen LogP contribution is 2.20. The first kappa shape index (κ1) is 11.7. The van der Waals surface area contributed by atoms with Crippen molar-refractivity contribution < 1.29 is 0 Å². The Morgan fingerprint density at radius 1 is 1.36 bits per heavy atom. The molecule has 1 N–H and O–H groups in total. The maximum Gasteiger partial charge on any atom is 0.0178 e. The molecule has 0 aromatic heterocycles. The van der Waals surface area contributed by atoms with Crippen molar-refractivity contribution in [2.45, 2.75) is 32.7 Å². The molecule has 1 rings (SSSR count). The molecule has 0 saturated carbocycles. The molecule has 0 fully saturated rings. The highest BCUT2D eigenvalue weighted by atomic mass is 79.9. The van der Waals surface area contributed by atoms with Gasteiger partial charge >= 0.3 is 0 Å². The minimum Gasteiger partial charge on any atom is -0.314 e. The fraction of sp³-hybridized carbons (Fsp3) is 0.500. The number of aryl methyl sites for hydroxylation is 1. The molecule has 0 spiro atoms. The van der Waals surface area contributed by atoms with Crippen molar-refractivity contribution in [3.8, 4) is 0 Å². The summed E-state index contributed by atoms with van der Waals surface area (Å²) in [7, 11) is 2.01. The van der Waals surface area contributed by atoms with Gasteiger partial charge in [-0.05, 0) is 57.5 Å². The van der Waals surface area contributed by atoms with Crippen LogP contribution in [0.2, 0.25) is 0 Å². The summed E-state index contributed by atoms with van der Waals surface area (Å²) in [5.41, 5.74) is 2.92. The van der Waals surface area contributed by atoms with E-state index < -0.39 is 0 Å². The summed E-state index contributed by atoms with van der Waals surface area (Å²) in [6.45, 7) is 6.59. The summed E-state index contributed by atoms with van der Waals surface area (Å²) in [6.07, 6.45) is 1.05. The van der Waals surface area contributed by atoms with E-state index in [-0.39, 0.29) is 5.54 Å². The van der Waals surface area contributed by atoms with Crippen molar-refractivity contribution in [1.29, 1.82) is 0 Å². The molecule has 0 aliphatic heterocycles. The standard InChI is InChI=1S/C12H18BrN/c1-9-5-6-11(13)7-10(9)8-12(2,3)14-4/h5-7,14H,8H2,1-4H3. The maximum atomic E-state index is 3.51. The zero-order chi connectivity index (χ0) is 10.8. The lowest BCUT2D eigenvalue weighted by molar-refractivity contribution is 0.421. The fourth-order valence-corrected chi connectivity index (χ4v) is 1.80. The maximum absolute atomic E-state index is 3.51. The summed E-state index contributed by atoms with van der Waals surface area (Å²) >= 11 is 3.51. The van der Waals surface area contributed by atoms with Gasteiger partial charge in [-0.25, -0.2) is 0 Å². The van der Waals surface area contributed by atoms with Gasteiger partial charge < -0.3 is 5.32 Å². The molecule has 0 amide bonds. The fourth-order valence-electron chi connectivity index (χ4n) is 1.40. The largest absolute Gasteiger partial charge is 0.314 e. The van der Waals surface area contributed by atoms with Crippen LogP contribution in [-0.2, 0) is 6.42 Å². The first-order valence-corrected chi connectivity index (χ1v) is 5.68. The van der Waals surface area contributed by atoms with E-state index in [1.807, 2.05) is 7.05 Å². The Morgan fingerprint density at radius 2 is 2.00 bits per heavy atom. The van der Waals surface area contributed by atoms with Crippen LogP contribution in [0.15, 0.2) is 22.7 Å². The van der Waals surface area contributed by atoms with Crippen molar-refractivity contribution in [2.24, 2.45) is 0 Å². The molecule has 2 heteroatoms. The predicted molar refractivity (Wildman–Crippen MR) is 65.7 cm³/mol. The summed E-state index contributed by atoms with van der Waals surface area (Å²) in [4.78, 5) is 0. The lowest BCUT2D eigenvalue weighted by Crippen LogP contribution is -2.38. The first-order valence-electron chi connectivity index (χ1n) is 4.88. The van der Waals surface area contributed by atoms with Crippen LogP contribution in [0, 0.1) is 6.92 Å². The molecule has 1 aromatic rings. The van der Waals surface area contributed by atoms with Crippen LogP contribution < -0.4 is 5.32 Å². The van der Waals surface area contributed by atoms with E-state index in [0.29, 0.717) is 0 Å². The second-order valence-electron chi connectivity index (χ2n) is 4.38. The van der Waals surface area contributed by atoms with Crippen molar-refractivity contribution in [3.63, 3.8) is 0 Å². The van der Waals surface area contributed by atoms with Gasteiger partial charge in [0.1, 0.15) is 0 Å². The Balaban J connectivity index is 2.91. The molecule has 0 saturated heterocycles. The number of hydrogen-bond acceptors (Lipinski definition) is 1. The molecule has 1 nitrogen and oxygen atoms in total. The number of halogens is 1. The highest BCUT2D eigenvalue weighted by Gasteiger charge is 2.16. The van der Waals surface area contributed by atoms with Crippen LogP contribution in [0.5, 0.6) is 0 Å². The van der Waals surface area contributed by atoms with Gasteiger partial charge in [0.2, 0.25) is 0 Å². The quantitative estimate of drug-likeness (QED) is 0.875. The smallest absolute Gasteiger partial charge is 0.0178 e. The van der Waals surface area contributed by atoms with Gasteiger partial charge in [0.05, 0.1) is 0 Å². The number of nitrogens with one attached hydrogen (secondary N) is 1. The predicted octanol–water partition coefficient (Wildman–Crippen LogP) is 3.30. The summed E-state index contributed by atoms with van der Waals surface area (Å²) in [6, 6.07) is 6.45. The number of hydrogen-bond donors (Lipinski definition) is 1. The number of benzene rings is 1. The van der Waals surface area contributed by atoms with Crippen LogP contribution in [0.4, 0.5) is 0 Å². The molecule has 78 valence electrons. The van der Waals surface area contributed by atoms with Gasteiger partial charge in [-0.2, -0.15) is 0 Å². The molecule has 14 heavy (non-hydrogen) atoms. The lowest BCUT2D eigenvalue weighted by atomic mass is 9.93. The van der Waals surface area contributed by atoms with Crippen molar-refractivity contribution >= 4 is 15.9 Å². The molecule has 0 bridgehead atoms. The molecule has 0 radical (unpaired) electrons. The highest BCUT2D eigenvalue weighted by molar-refractivity contribution is 9.10. The molecule has 0 aliphatic rings. The molecular weight excluding hydrogens is 238 g/mol. The van der Waals surface area contributed by atoms with Gasteiger partial charge in [-0.1, -0.05) is 22.0 Å². The van der Waals surface area contributed by atoms with Crippen molar-refractivity contribution in [2.75, 3.05) is 7.05 Å². The molecule has 1 aromatic carbocycles. The summed E-state index contributed by atoms with van der Waals surface area (Å²) in [5.74, 6) is 0. The average molecular weight is 256 g/mol. The zero-order valence-corrected chi connectivity index (χ0v) is 10.9. The molecule has 0 atom stereocenters. The summed E-state index contributed by atoms with van der Waals surface area (Å²) in [5, 5.41) is 3.32. The number of rotatable bonds is 3. The van der Waals surface area contributed by atoms with Crippen LogP contribution in [0.1, 0.15) is 25.0 Å². The third kappa shape index (κ3) is 3.10. The third-order valence-electron chi connectivity index (χ3n) is 2.62. The normalized spacial score (nSPS) is 11.8. The topological polar surface area (TPSA) is 12.0 Å². The number of likely N-dealkylation sites (N-methyl/N-ethyl adjacent to an activating group) is 1. The minimum atomic E-state index is 0.158. The van der Waals surface area contributed by atoms with E-state index in [0.717, 1.165) is 10.9 Å². The monoisotopic (exact) mass is 255 g/mol. The van der Waals surface area contributed by atoms with Crippen LogP contribution >= 0.6 is 15.9 Å². The first-order chi connectivity index (χ1) is 6.44. The van der Waals surface area contributed by atoms with Crippen molar-refractivity contribution in [1.82, 2.24) is 5.32 Å². The Morgan fingerprint density at radius 3 is 2.57 bits per heavy atom. The SMILES string of the molecule is CNC(C)(C)Cc1cc(Br)ccc1C. The van der Waals surface area contributed by atoms with E-state index in [2.05, 4.69) is 60.2 Å². The van der Waals surface area contributed by atoms with Gasteiger partial charge in [0.25, 0.3) is 0 Å². The molecule has 0 heterocycles. The minimum absolute atomic E-state index is 0.158. The van der Waals surface area contributed by atoms with Crippen LogP contribution in [0.3, 0.4) is 0 Å². The van der Waals surface area contributed by atoms with Gasteiger partial charge in [-0.15, -0.1) is 0 Å². The van der Waals surface area contributed by atoms with Crippen molar-refractivity contribution in [3.05, 3.63) is 33.8 Å². The van der Waals surface area contributed by atoms with Gasteiger partial charge in [-0.3, -0.25) is 0 Å². The van der Waals surface area contributed by atoms with Crippen LogP contribution in [-0.4, -0.2) is 12.6 Å². The van der Waals surface area contributed by atoms with E-state index in [4.69, 9.17) is 0 Å². The third-order valence-corrected chi connectivity index (χ3v) is 3.11.